The van der Waals surface area contributed by atoms with E-state index in [1.807, 2.05) is 0 Å². The third-order valence-corrected chi connectivity index (χ3v) is 4.03. The molecule has 0 unspecified atom stereocenters. The van der Waals surface area contributed by atoms with Gasteiger partial charge in [0.15, 0.2) is 11.5 Å². The molecule has 0 aliphatic carbocycles. The number of hydrogen-bond acceptors (Lipinski definition) is 5. The number of carbonyl (C=O) groups excluding carboxylic acids is 1. The molecule has 2 aromatic carbocycles. The Morgan fingerprint density at radius 1 is 0.960 bits per heavy atom. The van der Waals surface area contributed by atoms with Crippen LogP contribution in [0.5, 0.6) is 17.2 Å². The van der Waals surface area contributed by atoms with Crippen LogP contribution < -0.4 is 19.6 Å². The SMILES string of the molecule is COc1cc(OC)c(OC)cc1/C=N\NC(=O)c1ccc(Cl)c(Cl)c1. The summed E-state index contributed by atoms with van der Waals surface area (Å²) in [6.07, 6.45) is 1.44. The number of methoxy groups -OCH3 is 3. The lowest BCUT2D eigenvalue weighted by molar-refractivity contribution is 0.0955. The number of carbonyl (C=O) groups is 1. The van der Waals surface area contributed by atoms with Gasteiger partial charge in [-0.15, -0.1) is 0 Å². The molecular formula is C17H16Cl2N2O4. The molecule has 0 aliphatic heterocycles. The van der Waals surface area contributed by atoms with E-state index in [0.29, 0.717) is 38.4 Å². The first kappa shape index (κ1) is 18.9. The number of rotatable bonds is 6. The van der Waals surface area contributed by atoms with E-state index >= 15 is 0 Å². The molecule has 0 saturated carbocycles. The fourth-order valence-corrected chi connectivity index (χ4v) is 2.31. The Kier molecular flexibility index (Phi) is 6.50. The third-order valence-electron chi connectivity index (χ3n) is 3.29. The fourth-order valence-electron chi connectivity index (χ4n) is 2.02. The molecule has 2 aromatic rings. The van der Waals surface area contributed by atoms with Crippen LogP contribution in [0.25, 0.3) is 0 Å². The first-order valence-corrected chi connectivity index (χ1v) is 7.84. The number of halogens is 2. The van der Waals surface area contributed by atoms with E-state index in [9.17, 15) is 4.79 Å². The predicted octanol–water partition coefficient (Wildman–Crippen LogP) is 3.78. The Hall–Kier alpha value is -2.44. The predicted molar refractivity (Wildman–Crippen MR) is 97.6 cm³/mol. The van der Waals surface area contributed by atoms with Crippen molar-refractivity contribution in [2.75, 3.05) is 21.3 Å². The highest BCUT2D eigenvalue weighted by molar-refractivity contribution is 6.42. The van der Waals surface area contributed by atoms with Crippen LogP contribution >= 0.6 is 23.2 Å². The average molecular weight is 383 g/mol. The van der Waals surface area contributed by atoms with Gasteiger partial charge in [0.25, 0.3) is 5.91 Å². The van der Waals surface area contributed by atoms with Gasteiger partial charge in [0.1, 0.15) is 5.75 Å². The van der Waals surface area contributed by atoms with E-state index in [4.69, 9.17) is 37.4 Å². The van der Waals surface area contributed by atoms with Crippen molar-refractivity contribution in [3.63, 3.8) is 0 Å². The quantitative estimate of drug-likeness (QED) is 0.609. The number of hydrazone groups is 1. The number of nitrogens with zero attached hydrogens (tertiary/aromatic N) is 1. The Morgan fingerprint density at radius 2 is 1.60 bits per heavy atom. The van der Waals surface area contributed by atoms with E-state index < -0.39 is 5.91 Å². The third kappa shape index (κ3) is 4.55. The molecule has 6 nitrogen and oxygen atoms in total. The zero-order valence-corrected chi connectivity index (χ0v) is 15.3. The van der Waals surface area contributed by atoms with Crippen molar-refractivity contribution < 1.29 is 19.0 Å². The Bertz CT molecular complexity index is 809. The standard InChI is InChI=1S/C17H16Cl2N2O4/c1-23-14-8-16(25-3)15(24-2)7-11(14)9-20-21-17(22)10-4-5-12(18)13(19)6-10/h4-9H,1-3H3,(H,21,22)/b20-9-. The van der Waals surface area contributed by atoms with Crippen molar-refractivity contribution in [3.05, 3.63) is 51.5 Å². The number of ether oxygens (including phenoxy) is 3. The van der Waals surface area contributed by atoms with Crippen LogP contribution in [0.4, 0.5) is 0 Å². The number of benzene rings is 2. The zero-order valence-electron chi connectivity index (χ0n) is 13.8. The summed E-state index contributed by atoms with van der Waals surface area (Å²) in [5, 5.41) is 4.60. The monoisotopic (exact) mass is 382 g/mol. The molecule has 132 valence electrons. The van der Waals surface area contributed by atoms with E-state index in [0.717, 1.165) is 0 Å². The highest BCUT2D eigenvalue weighted by atomic mass is 35.5. The van der Waals surface area contributed by atoms with Crippen molar-refractivity contribution in [2.45, 2.75) is 0 Å². The summed E-state index contributed by atoms with van der Waals surface area (Å²) in [4.78, 5) is 12.1. The van der Waals surface area contributed by atoms with Crippen molar-refractivity contribution in [1.82, 2.24) is 5.43 Å². The Morgan fingerprint density at radius 3 is 2.20 bits per heavy atom. The molecule has 0 heterocycles. The average Bonchev–Trinajstić information content (AvgIpc) is 2.63. The molecule has 25 heavy (non-hydrogen) atoms. The number of hydrogen-bond donors (Lipinski definition) is 1. The molecule has 1 amide bonds. The van der Waals surface area contributed by atoms with Gasteiger partial charge in [-0.05, 0) is 24.3 Å². The second-order valence-corrected chi connectivity index (χ2v) is 5.59. The summed E-state index contributed by atoms with van der Waals surface area (Å²) in [5.74, 6) is 1.14. The summed E-state index contributed by atoms with van der Waals surface area (Å²) in [5.41, 5.74) is 3.36. The lowest BCUT2D eigenvalue weighted by Gasteiger charge is -2.11. The van der Waals surface area contributed by atoms with Gasteiger partial charge in [-0.2, -0.15) is 5.10 Å². The van der Waals surface area contributed by atoms with Gasteiger partial charge in [-0.25, -0.2) is 5.43 Å². The van der Waals surface area contributed by atoms with Crippen molar-refractivity contribution in [3.8, 4) is 17.2 Å². The van der Waals surface area contributed by atoms with Gasteiger partial charge < -0.3 is 14.2 Å². The first-order valence-electron chi connectivity index (χ1n) is 7.08. The number of nitrogens with one attached hydrogen (secondary N) is 1. The van der Waals surface area contributed by atoms with Gasteiger partial charge >= 0.3 is 0 Å². The van der Waals surface area contributed by atoms with Crippen molar-refractivity contribution in [2.24, 2.45) is 5.10 Å². The lowest BCUT2D eigenvalue weighted by Crippen LogP contribution is -2.17. The molecule has 1 N–H and O–H groups in total. The van der Waals surface area contributed by atoms with E-state index in [1.165, 1.54) is 33.6 Å². The van der Waals surface area contributed by atoms with Crippen LogP contribution in [0, 0.1) is 0 Å². The van der Waals surface area contributed by atoms with Crippen LogP contribution in [0.15, 0.2) is 35.4 Å². The molecule has 0 spiro atoms. The molecule has 0 bridgehead atoms. The summed E-state index contributed by atoms with van der Waals surface area (Å²) >= 11 is 11.7. The number of amides is 1. The maximum Gasteiger partial charge on any atom is 0.271 e. The summed E-state index contributed by atoms with van der Waals surface area (Å²) in [6.45, 7) is 0. The van der Waals surface area contributed by atoms with E-state index in [2.05, 4.69) is 10.5 Å². The van der Waals surface area contributed by atoms with Gasteiger partial charge in [0.05, 0.1) is 37.6 Å². The largest absolute Gasteiger partial charge is 0.496 e. The Balaban J connectivity index is 2.18. The molecular weight excluding hydrogens is 367 g/mol. The van der Waals surface area contributed by atoms with Gasteiger partial charge in [0, 0.05) is 17.2 Å². The minimum absolute atomic E-state index is 0.292. The minimum Gasteiger partial charge on any atom is -0.496 e. The van der Waals surface area contributed by atoms with E-state index in [1.54, 1.807) is 24.3 Å². The smallest absolute Gasteiger partial charge is 0.271 e. The lowest BCUT2D eigenvalue weighted by atomic mass is 10.2. The molecule has 0 atom stereocenters. The maximum absolute atomic E-state index is 12.1. The van der Waals surface area contributed by atoms with Crippen molar-refractivity contribution in [1.29, 1.82) is 0 Å². The topological polar surface area (TPSA) is 69.2 Å². The van der Waals surface area contributed by atoms with Gasteiger partial charge in [0.2, 0.25) is 0 Å². The van der Waals surface area contributed by atoms with Crippen molar-refractivity contribution >= 4 is 35.3 Å². The molecule has 0 aromatic heterocycles. The molecule has 0 saturated heterocycles. The second kappa shape index (κ2) is 8.60. The summed E-state index contributed by atoms with van der Waals surface area (Å²) in [6, 6.07) is 7.91. The normalized spacial score (nSPS) is 10.6. The van der Waals surface area contributed by atoms with Gasteiger partial charge in [-0.3, -0.25) is 4.79 Å². The van der Waals surface area contributed by atoms with Crippen LogP contribution in [0.3, 0.4) is 0 Å². The summed E-state index contributed by atoms with van der Waals surface area (Å²) in [7, 11) is 4.58. The first-order chi connectivity index (χ1) is 12.0. The highest BCUT2D eigenvalue weighted by Gasteiger charge is 2.11. The summed E-state index contributed by atoms with van der Waals surface area (Å²) < 4.78 is 15.7. The maximum atomic E-state index is 12.1. The molecule has 0 radical (unpaired) electrons. The molecule has 0 aliphatic rings. The zero-order chi connectivity index (χ0) is 18.4. The highest BCUT2D eigenvalue weighted by Crippen LogP contribution is 2.33. The fraction of sp³-hybridized carbons (Fsp3) is 0.176. The second-order valence-electron chi connectivity index (χ2n) is 4.78. The molecule has 0 fully saturated rings. The van der Waals surface area contributed by atoms with Crippen LogP contribution in [0.2, 0.25) is 10.0 Å². The van der Waals surface area contributed by atoms with Crippen LogP contribution in [-0.4, -0.2) is 33.5 Å². The van der Waals surface area contributed by atoms with Crippen LogP contribution in [0.1, 0.15) is 15.9 Å². The minimum atomic E-state index is -0.422. The van der Waals surface area contributed by atoms with Crippen LogP contribution in [-0.2, 0) is 0 Å². The van der Waals surface area contributed by atoms with Gasteiger partial charge in [-0.1, -0.05) is 23.2 Å². The van der Waals surface area contributed by atoms with E-state index in [-0.39, 0.29) is 0 Å². The molecule has 8 heteroatoms. The Labute approximate surface area is 155 Å². The molecule has 2 rings (SSSR count).